The van der Waals surface area contributed by atoms with Crippen LogP contribution in [-0.4, -0.2) is 69.1 Å². The molecule has 0 aliphatic carbocycles. The predicted molar refractivity (Wildman–Crippen MR) is 172 cm³/mol. The lowest BCUT2D eigenvalue weighted by Gasteiger charge is -2.43. The lowest BCUT2D eigenvalue weighted by Crippen LogP contribution is -2.49. The minimum absolute atomic E-state index is 0.342. The van der Waals surface area contributed by atoms with E-state index in [2.05, 4.69) is 112 Å². The van der Waals surface area contributed by atoms with Gasteiger partial charge in [-0.2, -0.15) is 0 Å². The third-order valence-electron chi connectivity index (χ3n) is 7.94. The summed E-state index contributed by atoms with van der Waals surface area (Å²) in [7, 11) is 0. The number of rotatable bonds is 0. The summed E-state index contributed by atoms with van der Waals surface area (Å²) in [5.41, 5.74) is 1.55. The minimum atomic E-state index is 0.342. The summed E-state index contributed by atoms with van der Waals surface area (Å²) in [6, 6.07) is 2.38. The topological polar surface area (TPSA) is 9.72 Å². The third kappa shape index (κ3) is 14.2. The van der Waals surface area contributed by atoms with Gasteiger partial charge in [-0.15, -0.1) is 0 Å². The molecule has 0 radical (unpaired) electrons. The van der Waals surface area contributed by atoms with E-state index in [1.165, 1.54) is 58.2 Å². The summed E-state index contributed by atoms with van der Waals surface area (Å²) in [5.74, 6) is 0. The Labute approximate surface area is 237 Å². The van der Waals surface area contributed by atoms with Gasteiger partial charge in [-0.25, -0.2) is 0 Å². The molecule has 3 aliphatic rings. The van der Waals surface area contributed by atoms with E-state index in [1.807, 2.05) is 27.7 Å². The van der Waals surface area contributed by atoms with E-state index >= 15 is 0 Å². The fourth-order valence-electron chi connectivity index (χ4n) is 6.33. The molecule has 0 spiro atoms. The van der Waals surface area contributed by atoms with E-state index in [9.17, 15) is 0 Å². The molecule has 1 unspecified atom stereocenters. The quantitative estimate of drug-likeness (QED) is 0.311. The van der Waals surface area contributed by atoms with Crippen LogP contribution in [0.3, 0.4) is 0 Å². The van der Waals surface area contributed by atoms with Gasteiger partial charge in [-0.05, 0) is 140 Å². The Kier molecular flexibility index (Phi) is 17.8. The highest BCUT2D eigenvalue weighted by Gasteiger charge is 2.39. The average Bonchev–Trinajstić information content (AvgIpc) is 3.50. The van der Waals surface area contributed by atoms with Crippen LogP contribution in [0.2, 0.25) is 0 Å². The van der Waals surface area contributed by atoms with Crippen molar-refractivity contribution in [3.63, 3.8) is 0 Å². The molecule has 0 N–H and O–H groups in total. The van der Waals surface area contributed by atoms with Gasteiger partial charge in [-0.1, -0.05) is 48.5 Å². The molecule has 3 fully saturated rings. The first-order valence-corrected chi connectivity index (χ1v) is 16.1. The molecule has 0 bridgehead atoms. The van der Waals surface area contributed by atoms with Gasteiger partial charge in [0.1, 0.15) is 0 Å². The largest absolute Gasteiger partial charge is 0.296 e. The van der Waals surface area contributed by atoms with Crippen LogP contribution in [0.5, 0.6) is 0 Å². The molecule has 226 valence electrons. The number of likely N-dealkylation sites (tertiary alicyclic amines) is 3. The molecule has 0 saturated carbocycles. The minimum Gasteiger partial charge on any atom is -0.296 e. The van der Waals surface area contributed by atoms with E-state index in [0.29, 0.717) is 22.0 Å². The lowest BCUT2D eigenvalue weighted by atomic mass is 9.83. The monoisotopic (exact) mass is 526 g/mol. The van der Waals surface area contributed by atoms with Gasteiger partial charge in [0.25, 0.3) is 0 Å². The van der Waals surface area contributed by atoms with Crippen molar-refractivity contribution in [1.82, 2.24) is 14.7 Å². The Morgan fingerprint density at radius 3 is 0.865 bits per heavy atom. The summed E-state index contributed by atoms with van der Waals surface area (Å²) in [5, 5.41) is 0. The van der Waals surface area contributed by atoms with Gasteiger partial charge >= 0.3 is 0 Å². The first kappa shape index (κ1) is 39.0. The van der Waals surface area contributed by atoms with Gasteiger partial charge in [0, 0.05) is 34.7 Å². The van der Waals surface area contributed by atoms with Crippen LogP contribution in [0.15, 0.2) is 0 Å². The highest BCUT2D eigenvalue weighted by atomic mass is 15.2. The van der Waals surface area contributed by atoms with Gasteiger partial charge in [0.15, 0.2) is 0 Å². The van der Waals surface area contributed by atoms with Gasteiger partial charge in [-0.3, -0.25) is 14.7 Å². The zero-order valence-electron chi connectivity index (χ0n) is 29.4. The molecule has 0 aromatic rings. The van der Waals surface area contributed by atoms with Gasteiger partial charge in [0.2, 0.25) is 0 Å². The van der Waals surface area contributed by atoms with E-state index < -0.39 is 0 Å². The third-order valence-corrected chi connectivity index (χ3v) is 7.94. The second-order valence-electron chi connectivity index (χ2n) is 15.1. The number of hydrogen-bond donors (Lipinski definition) is 0. The van der Waals surface area contributed by atoms with E-state index in [0.717, 1.165) is 18.1 Å². The second kappa shape index (κ2) is 16.9. The summed E-state index contributed by atoms with van der Waals surface area (Å²) in [6.07, 6.45) is 8.30. The zero-order chi connectivity index (χ0) is 29.8. The predicted octanol–water partition coefficient (Wildman–Crippen LogP) is 9.89. The SMILES string of the molecule is CC.CC.CC(C)(C)C1CCCN1C(C)(C)C.C[C@@H]1CCCN1C(C)(C)C.C[C@H]1CCCN1C(C)(C)C. The molecule has 3 saturated heterocycles. The molecule has 0 amide bonds. The molecule has 3 rings (SSSR count). The Bertz CT molecular complexity index is 506. The standard InChI is InChI=1S/C12H25N.2C9H19N.2C2H6/c1-11(2,3)10-8-7-9-13(10)12(4,5)6;2*1-8-6-5-7-10(8)9(2,3)4;2*1-2/h10H,7-9H2,1-6H3;2*8H,5-7H2,1-4H3;2*1-2H3/t;2*8-;;/m.10../s1. The first-order valence-electron chi connectivity index (χ1n) is 16.1. The molecule has 0 aromatic heterocycles. The van der Waals surface area contributed by atoms with Crippen molar-refractivity contribution in [2.75, 3.05) is 19.6 Å². The van der Waals surface area contributed by atoms with Crippen molar-refractivity contribution in [2.45, 2.75) is 198 Å². The Hall–Kier alpha value is -0.120. The molecule has 37 heavy (non-hydrogen) atoms. The number of hydrogen-bond acceptors (Lipinski definition) is 3. The Morgan fingerprint density at radius 1 is 0.432 bits per heavy atom. The van der Waals surface area contributed by atoms with Crippen molar-refractivity contribution in [3.05, 3.63) is 0 Å². The Morgan fingerprint density at radius 2 is 0.703 bits per heavy atom. The van der Waals surface area contributed by atoms with Crippen molar-refractivity contribution < 1.29 is 0 Å². The maximum absolute atomic E-state index is 2.67. The van der Waals surface area contributed by atoms with Crippen LogP contribution < -0.4 is 0 Å². The van der Waals surface area contributed by atoms with Crippen LogP contribution in [0.4, 0.5) is 0 Å². The van der Waals surface area contributed by atoms with Crippen molar-refractivity contribution in [1.29, 1.82) is 0 Å². The molecule has 3 aliphatic heterocycles. The molecular weight excluding hydrogens is 450 g/mol. The summed E-state index contributed by atoms with van der Waals surface area (Å²) in [4.78, 5) is 7.85. The molecule has 3 atom stereocenters. The average molecular weight is 526 g/mol. The smallest absolute Gasteiger partial charge is 0.0149 e. The molecule has 3 heteroatoms. The zero-order valence-corrected chi connectivity index (χ0v) is 29.4. The molecular formula is C34H75N3. The van der Waals surface area contributed by atoms with E-state index in [1.54, 1.807) is 0 Å². The lowest BCUT2D eigenvalue weighted by molar-refractivity contribution is 0.0582. The van der Waals surface area contributed by atoms with Crippen LogP contribution in [0, 0.1) is 5.41 Å². The fraction of sp³-hybridized carbons (Fsp3) is 1.00. The van der Waals surface area contributed by atoms with Crippen LogP contribution in [0.25, 0.3) is 0 Å². The normalized spacial score (nSPS) is 25.6. The van der Waals surface area contributed by atoms with Gasteiger partial charge < -0.3 is 0 Å². The number of nitrogens with zero attached hydrogens (tertiary/aromatic N) is 3. The van der Waals surface area contributed by atoms with Crippen molar-refractivity contribution >= 4 is 0 Å². The summed E-state index contributed by atoms with van der Waals surface area (Å²) >= 11 is 0. The molecule has 3 nitrogen and oxygen atoms in total. The fourth-order valence-corrected chi connectivity index (χ4v) is 6.33. The van der Waals surface area contributed by atoms with Crippen LogP contribution >= 0.6 is 0 Å². The molecule has 0 aromatic carbocycles. The van der Waals surface area contributed by atoms with Crippen molar-refractivity contribution in [2.24, 2.45) is 5.41 Å². The summed E-state index contributed by atoms with van der Waals surface area (Å²) < 4.78 is 0. The van der Waals surface area contributed by atoms with E-state index in [4.69, 9.17) is 0 Å². The highest BCUT2D eigenvalue weighted by Crippen LogP contribution is 2.36. The second-order valence-corrected chi connectivity index (χ2v) is 15.1. The highest BCUT2D eigenvalue weighted by molar-refractivity contribution is 4.94. The van der Waals surface area contributed by atoms with Crippen molar-refractivity contribution in [3.8, 4) is 0 Å². The van der Waals surface area contributed by atoms with Crippen LogP contribution in [0.1, 0.15) is 163 Å². The first-order chi connectivity index (χ1) is 16.8. The maximum atomic E-state index is 2.67. The van der Waals surface area contributed by atoms with Crippen LogP contribution in [-0.2, 0) is 0 Å². The molecule has 3 heterocycles. The van der Waals surface area contributed by atoms with Gasteiger partial charge in [0.05, 0.1) is 0 Å². The summed E-state index contributed by atoms with van der Waals surface area (Å²) in [6.45, 7) is 44.4. The Balaban J connectivity index is 0. The van der Waals surface area contributed by atoms with E-state index in [-0.39, 0.29) is 0 Å². The maximum Gasteiger partial charge on any atom is 0.0149 e.